The van der Waals surface area contributed by atoms with Crippen molar-refractivity contribution in [1.29, 1.82) is 0 Å². The minimum atomic E-state index is -3.93. The van der Waals surface area contributed by atoms with Crippen molar-refractivity contribution in [1.82, 2.24) is 9.55 Å². The van der Waals surface area contributed by atoms with E-state index in [9.17, 15) is 13.2 Å². The lowest BCUT2D eigenvalue weighted by atomic mass is 10.2. The Morgan fingerprint density at radius 1 is 1.37 bits per heavy atom. The van der Waals surface area contributed by atoms with Gasteiger partial charge in [0, 0.05) is 24.2 Å². The molecule has 1 aromatic heterocycles. The molecule has 0 unspecified atom stereocenters. The summed E-state index contributed by atoms with van der Waals surface area (Å²) in [6.45, 7) is 1.96. The van der Waals surface area contributed by atoms with Crippen LogP contribution in [0.3, 0.4) is 0 Å². The highest BCUT2D eigenvalue weighted by molar-refractivity contribution is 8.14. The standard InChI is InChI=1S/C12H13ClN2O3S/c1-3-5-10-14-11-8(12(16)15(10)2)6-4-7-9(11)19(13,17)18/h4,6-7H,3,5H2,1-2H3. The van der Waals surface area contributed by atoms with Crippen molar-refractivity contribution in [3.63, 3.8) is 0 Å². The molecule has 0 aliphatic rings. The minimum Gasteiger partial charge on any atom is -0.299 e. The third-order valence-corrected chi connectivity index (χ3v) is 4.25. The average Bonchev–Trinajstić information content (AvgIpc) is 2.34. The summed E-state index contributed by atoms with van der Waals surface area (Å²) in [5, 5.41) is 0.254. The first-order valence-electron chi connectivity index (χ1n) is 5.79. The van der Waals surface area contributed by atoms with Crippen LogP contribution in [-0.2, 0) is 22.5 Å². The number of hydrogen-bond acceptors (Lipinski definition) is 4. The van der Waals surface area contributed by atoms with Gasteiger partial charge in [0.15, 0.2) is 0 Å². The first-order chi connectivity index (χ1) is 8.86. The van der Waals surface area contributed by atoms with Crippen molar-refractivity contribution in [3.8, 4) is 0 Å². The Bertz CT molecular complexity index is 796. The van der Waals surface area contributed by atoms with Gasteiger partial charge in [-0.15, -0.1) is 0 Å². The summed E-state index contributed by atoms with van der Waals surface area (Å²) < 4.78 is 24.5. The molecule has 0 saturated heterocycles. The van der Waals surface area contributed by atoms with Crippen molar-refractivity contribution >= 4 is 30.6 Å². The molecule has 0 spiro atoms. The van der Waals surface area contributed by atoms with E-state index in [1.54, 1.807) is 13.1 Å². The Morgan fingerprint density at radius 3 is 2.63 bits per heavy atom. The molecule has 0 aliphatic carbocycles. The van der Waals surface area contributed by atoms with Gasteiger partial charge in [0.25, 0.3) is 14.6 Å². The van der Waals surface area contributed by atoms with E-state index in [-0.39, 0.29) is 21.4 Å². The highest BCUT2D eigenvalue weighted by Gasteiger charge is 2.18. The molecule has 0 aliphatic heterocycles. The van der Waals surface area contributed by atoms with Crippen LogP contribution in [0.15, 0.2) is 27.9 Å². The summed E-state index contributed by atoms with van der Waals surface area (Å²) in [7, 11) is 3.08. The van der Waals surface area contributed by atoms with E-state index in [2.05, 4.69) is 4.98 Å². The molecule has 2 aromatic rings. The summed E-state index contributed by atoms with van der Waals surface area (Å²) in [4.78, 5) is 16.4. The van der Waals surface area contributed by atoms with Gasteiger partial charge in [-0.25, -0.2) is 13.4 Å². The van der Waals surface area contributed by atoms with Crippen LogP contribution in [0.25, 0.3) is 10.9 Å². The van der Waals surface area contributed by atoms with E-state index in [0.717, 1.165) is 6.42 Å². The van der Waals surface area contributed by atoms with Crippen LogP contribution in [0.5, 0.6) is 0 Å². The Morgan fingerprint density at radius 2 is 2.05 bits per heavy atom. The second-order valence-electron chi connectivity index (χ2n) is 4.23. The zero-order valence-corrected chi connectivity index (χ0v) is 12.1. The number of aryl methyl sites for hydroxylation is 1. The topological polar surface area (TPSA) is 69.0 Å². The van der Waals surface area contributed by atoms with Gasteiger partial charge in [0.1, 0.15) is 10.7 Å². The normalized spacial score (nSPS) is 11.9. The largest absolute Gasteiger partial charge is 0.299 e. The monoisotopic (exact) mass is 300 g/mol. The summed E-state index contributed by atoms with van der Waals surface area (Å²) in [5.74, 6) is 0.549. The van der Waals surface area contributed by atoms with E-state index in [1.165, 1.54) is 16.7 Å². The fraction of sp³-hybridized carbons (Fsp3) is 0.333. The van der Waals surface area contributed by atoms with Gasteiger partial charge in [-0.2, -0.15) is 0 Å². The second-order valence-corrected chi connectivity index (χ2v) is 6.77. The molecule has 102 valence electrons. The smallest absolute Gasteiger partial charge is 0.263 e. The van der Waals surface area contributed by atoms with Crippen LogP contribution < -0.4 is 5.56 Å². The lowest BCUT2D eigenvalue weighted by molar-refractivity contribution is 0.610. The van der Waals surface area contributed by atoms with Crippen molar-refractivity contribution < 1.29 is 8.42 Å². The van der Waals surface area contributed by atoms with Crippen LogP contribution in [0.1, 0.15) is 19.2 Å². The molecule has 0 atom stereocenters. The zero-order chi connectivity index (χ0) is 14.2. The first kappa shape index (κ1) is 14.0. The number of para-hydroxylation sites is 1. The molecule has 19 heavy (non-hydrogen) atoms. The number of rotatable bonds is 3. The minimum absolute atomic E-state index is 0.123. The maximum absolute atomic E-state index is 12.2. The fourth-order valence-electron chi connectivity index (χ4n) is 1.96. The van der Waals surface area contributed by atoms with E-state index >= 15 is 0 Å². The first-order valence-corrected chi connectivity index (χ1v) is 8.10. The summed E-state index contributed by atoms with van der Waals surface area (Å²) in [5.41, 5.74) is -0.125. The Kier molecular flexibility index (Phi) is 3.64. The maximum Gasteiger partial charge on any atom is 0.263 e. The van der Waals surface area contributed by atoms with Crippen LogP contribution in [0, 0.1) is 0 Å². The molecule has 1 aromatic carbocycles. The maximum atomic E-state index is 12.2. The van der Waals surface area contributed by atoms with Crippen LogP contribution >= 0.6 is 10.7 Å². The van der Waals surface area contributed by atoms with E-state index in [4.69, 9.17) is 10.7 Å². The molecule has 5 nitrogen and oxygen atoms in total. The number of hydrogen-bond donors (Lipinski definition) is 0. The van der Waals surface area contributed by atoms with Crippen LogP contribution in [0.2, 0.25) is 0 Å². The average molecular weight is 301 g/mol. The molecular weight excluding hydrogens is 288 g/mol. The van der Waals surface area contributed by atoms with Gasteiger partial charge in [0.05, 0.1) is 10.9 Å². The number of fused-ring (bicyclic) bond motifs is 1. The van der Waals surface area contributed by atoms with E-state index < -0.39 is 9.05 Å². The zero-order valence-electron chi connectivity index (χ0n) is 10.6. The van der Waals surface area contributed by atoms with Crippen molar-refractivity contribution in [3.05, 3.63) is 34.4 Å². The van der Waals surface area contributed by atoms with Crippen molar-refractivity contribution in [2.75, 3.05) is 0 Å². The molecule has 0 saturated carbocycles. The summed E-state index contributed by atoms with van der Waals surface area (Å²) >= 11 is 0. The van der Waals surface area contributed by atoms with Gasteiger partial charge in [-0.3, -0.25) is 9.36 Å². The Balaban J connectivity index is 2.94. The van der Waals surface area contributed by atoms with Crippen LogP contribution in [0.4, 0.5) is 0 Å². The molecule has 7 heteroatoms. The van der Waals surface area contributed by atoms with Gasteiger partial charge in [-0.05, 0) is 18.6 Å². The molecule has 0 bridgehead atoms. The predicted octanol–water partition coefficient (Wildman–Crippen LogP) is 1.81. The van der Waals surface area contributed by atoms with Gasteiger partial charge >= 0.3 is 0 Å². The lowest BCUT2D eigenvalue weighted by Gasteiger charge is -2.09. The van der Waals surface area contributed by atoms with Crippen molar-refractivity contribution in [2.45, 2.75) is 24.7 Å². The quantitative estimate of drug-likeness (QED) is 0.811. The molecule has 1 heterocycles. The van der Waals surface area contributed by atoms with E-state index in [1.807, 2.05) is 6.92 Å². The number of aromatic nitrogens is 2. The fourth-order valence-corrected chi connectivity index (χ4v) is 2.96. The number of benzene rings is 1. The molecule has 0 N–H and O–H groups in total. The SMILES string of the molecule is CCCc1nc2c(S(=O)(=O)Cl)cccc2c(=O)n1C. The highest BCUT2D eigenvalue weighted by atomic mass is 35.7. The van der Waals surface area contributed by atoms with Gasteiger partial charge in [0.2, 0.25) is 0 Å². The van der Waals surface area contributed by atoms with Gasteiger partial charge in [-0.1, -0.05) is 13.0 Å². The lowest BCUT2D eigenvalue weighted by Crippen LogP contribution is -2.22. The Labute approximate surface area is 115 Å². The third kappa shape index (κ3) is 2.50. The molecule has 0 fully saturated rings. The number of halogens is 1. The molecule has 2 rings (SSSR count). The van der Waals surface area contributed by atoms with Gasteiger partial charge < -0.3 is 0 Å². The molecule has 0 amide bonds. The number of nitrogens with zero attached hydrogens (tertiary/aromatic N) is 2. The van der Waals surface area contributed by atoms with Crippen molar-refractivity contribution in [2.24, 2.45) is 7.05 Å². The molecule has 0 radical (unpaired) electrons. The summed E-state index contributed by atoms with van der Waals surface area (Å²) in [6.07, 6.45) is 1.40. The third-order valence-electron chi connectivity index (χ3n) is 2.90. The van der Waals surface area contributed by atoms with Crippen LogP contribution in [-0.4, -0.2) is 18.0 Å². The predicted molar refractivity (Wildman–Crippen MR) is 74.0 cm³/mol. The highest BCUT2D eigenvalue weighted by Crippen LogP contribution is 2.22. The summed E-state index contributed by atoms with van der Waals surface area (Å²) in [6, 6.07) is 4.39. The molecular formula is C12H13ClN2O3S. The van der Waals surface area contributed by atoms with E-state index in [0.29, 0.717) is 12.2 Å². The second kappa shape index (κ2) is 4.94. The Hall–Kier alpha value is -1.40.